The van der Waals surface area contributed by atoms with Crippen molar-refractivity contribution in [2.45, 2.75) is 6.54 Å². The molecule has 0 aliphatic heterocycles. The Hall–Kier alpha value is -0.870. The normalized spacial score (nSPS) is 10.9. The lowest BCUT2D eigenvalue weighted by atomic mass is 10.2. The molecule has 0 radical (unpaired) electrons. The third kappa shape index (κ3) is 2.64. The number of hydrogen-bond donors (Lipinski definition) is 1. The number of thiol groups is 1. The van der Waals surface area contributed by atoms with Crippen LogP contribution in [-0.2, 0) is 17.4 Å². The Labute approximate surface area is 73.7 Å². The highest BCUT2D eigenvalue weighted by Crippen LogP contribution is 2.01. The topological polar surface area (TPSA) is 37.4 Å². The van der Waals surface area contributed by atoms with E-state index in [1.54, 1.807) is 7.05 Å². The molecule has 3 nitrogen and oxygen atoms in total. The van der Waals surface area contributed by atoms with Crippen LogP contribution >= 0.6 is 0 Å². The molecule has 0 amide bonds. The van der Waals surface area contributed by atoms with E-state index in [2.05, 4.69) is 0 Å². The summed E-state index contributed by atoms with van der Waals surface area (Å²) in [6, 6.07) is 9.48. The van der Waals surface area contributed by atoms with Crippen LogP contribution in [0.2, 0.25) is 0 Å². The lowest BCUT2D eigenvalue weighted by Gasteiger charge is -2.07. The van der Waals surface area contributed by atoms with Crippen LogP contribution in [0.3, 0.4) is 0 Å². The van der Waals surface area contributed by atoms with Gasteiger partial charge in [0, 0.05) is 13.6 Å². The Morgan fingerprint density at radius 2 is 1.83 bits per heavy atom. The van der Waals surface area contributed by atoms with Crippen molar-refractivity contribution >= 4 is 10.9 Å². The predicted molar refractivity (Wildman–Crippen MR) is 48.2 cm³/mol. The Bertz CT molecular complexity index is 300. The fourth-order valence-electron chi connectivity index (χ4n) is 0.905. The van der Waals surface area contributed by atoms with E-state index in [0.717, 1.165) is 5.56 Å². The van der Waals surface area contributed by atoms with Crippen molar-refractivity contribution < 1.29 is 8.42 Å². The number of rotatable bonds is 3. The van der Waals surface area contributed by atoms with Crippen LogP contribution in [0.15, 0.2) is 30.3 Å². The van der Waals surface area contributed by atoms with E-state index in [1.165, 1.54) is 4.31 Å². The van der Waals surface area contributed by atoms with E-state index in [9.17, 15) is 8.42 Å². The van der Waals surface area contributed by atoms with Crippen LogP contribution in [0.25, 0.3) is 0 Å². The summed E-state index contributed by atoms with van der Waals surface area (Å²) in [5.41, 5.74) is 0.999. The highest BCUT2D eigenvalue weighted by molar-refractivity contribution is 7.69. The van der Waals surface area contributed by atoms with Crippen molar-refractivity contribution in [1.82, 2.24) is 4.31 Å². The van der Waals surface area contributed by atoms with Gasteiger partial charge in [0.2, 0.25) is 10.9 Å². The van der Waals surface area contributed by atoms with Gasteiger partial charge in [-0.2, -0.15) is 0 Å². The zero-order valence-electron chi connectivity index (χ0n) is 6.80. The van der Waals surface area contributed by atoms with E-state index in [-0.39, 0.29) is 0 Å². The molecular formula is C8H11NO2S. The zero-order chi connectivity index (χ0) is 8.97. The second-order valence-corrected chi connectivity index (χ2v) is 3.70. The molecule has 0 fully saturated rings. The maximum absolute atomic E-state index is 10.5. The second kappa shape index (κ2) is 4.23. The lowest BCUT2D eigenvalue weighted by molar-refractivity contribution is 0.486. The third-order valence-corrected chi connectivity index (χ3v) is 2.23. The summed E-state index contributed by atoms with van der Waals surface area (Å²) >= 11 is 0. The minimum Gasteiger partial charge on any atom is -0.215 e. The van der Waals surface area contributed by atoms with Crippen molar-refractivity contribution in [2.24, 2.45) is 0 Å². The Morgan fingerprint density at radius 3 is 2.33 bits per heavy atom. The largest absolute Gasteiger partial charge is 0.215 e. The minimum absolute atomic E-state index is 0.444. The zero-order valence-corrected chi connectivity index (χ0v) is 7.70. The van der Waals surface area contributed by atoms with Crippen LogP contribution < -0.4 is 0 Å². The van der Waals surface area contributed by atoms with Gasteiger partial charge >= 0.3 is 0 Å². The first-order valence-corrected chi connectivity index (χ1v) is 4.72. The van der Waals surface area contributed by atoms with Gasteiger partial charge in [0.05, 0.1) is 0 Å². The molecule has 0 unspecified atom stereocenters. The molecule has 0 aromatic heterocycles. The molecule has 0 spiro atoms. The molecule has 0 saturated heterocycles. The predicted octanol–water partition coefficient (Wildman–Crippen LogP) is 0.645. The van der Waals surface area contributed by atoms with Crippen LogP contribution in [0.4, 0.5) is 0 Å². The van der Waals surface area contributed by atoms with Gasteiger partial charge in [-0.25, -0.2) is 12.7 Å². The molecule has 4 heteroatoms. The summed E-state index contributed by atoms with van der Waals surface area (Å²) in [4.78, 5) is 0. The number of nitrogens with zero attached hydrogens (tertiary/aromatic N) is 1. The summed E-state index contributed by atoms with van der Waals surface area (Å²) in [6.45, 7) is 0.444. The monoisotopic (exact) mass is 185 g/mol. The summed E-state index contributed by atoms with van der Waals surface area (Å²) in [7, 11) is -0.898. The van der Waals surface area contributed by atoms with Crippen LogP contribution in [0.5, 0.6) is 0 Å². The first kappa shape index (κ1) is 9.22. The van der Waals surface area contributed by atoms with Gasteiger partial charge in [0.1, 0.15) is 0 Å². The molecule has 1 aromatic carbocycles. The van der Waals surface area contributed by atoms with Gasteiger partial charge in [0.15, 0.2) is 0 Å². The summed E-state index contributed by atoms with van der Waals surface area (Å²) in [5.74, 6) is 0. The standard InChI is InChI=1S/C8H11NO2S/c1-9(12(10)11)7-8-5-3-2-4-6-8/h2-6,12H,7H2,1H3. The van der Waals surface area contributed by atoms with Crippen LogP contribution in [-0.4, -0.2) is 19.8 Å². The summed E-state index contributed by atoms with van der Waals surface area (Å²) in [6.07, 6.45) is 0. The molecular weight excluding hydrogens is 174 g/mol. The average molecular weight is 185 g/mol. The van der Waals surface area contributed by atoms with Crippen molar-refractivity contribution in [3.8, 4) is 0 Å². The molecule has 0 saturated carbocycles. The SMILES string of the molecule is CN(Cc1ccccc1)[SH](=O)=O. The van der Waals surface area contributed by atoms with E-state index in [4.69, 9.17) is 0 Å². The molecule has 0 aliphatic carbocycles. The quantitative estimate of drug-likeness (QED) is 0.702. The smallest absolute Gasteiger partial charge is 0.203 e. The van der Waals surface area contributed by atoms with Crippen LogP contribution in [0.1, 0.15) is 5.56 Å². The Kier molecular flexibility index (Phi) is 3.25. The lowest BCUT2D eigenvalue weighted by Crippen LogP contribution is -2.14. The van der Waals surface area contributed by atoms with Crippen molar-refractivity contribution in [2.75, 3.05) is 7.05 Å². The molecule has 66 valence electrons. The maximum Gasteiger partial charge on any atom is 0.203 e. The van der Waals surface area contributed by atoms with Gasteiger partial charge in [-0.05, 0) is 5.56 Å². The van der Waals surface area contributed by atoms with Gasteiger partial charge in [-0.15, -0.1) is 0 Å². The van der Waals surface area contributed by atoms with Gasteiger partial charge in [-0.1, -0.05) is 30.3 Å². The van der Waals surface area contributed by atoms with Gasteiger partial charge in [-0.3, -0.25) is 0 Å². The molecule has 0 N–H and O–H groups in total. The minimum atomic E-state index is -2.45. The average Bonchev–Trinajstić information content (AvgIpc) is 2.06. The molecule has 12 heavy (non-hydrogen) atoms. The van der Waals surface area contributed by atoms with Crippen molar-refractivity contribution in [1.29, 1.82) is 0 Å². The fraction of sp³-hybridized carbons (Fsp3) is 0.250. The van der Waals surface area contributed by atoms with E-state index in [1.807, 2.05) is 30.3 Å². The van der Waals surface area contributed by atoms with Gasteiger partial charge in [0.25, 0.3) is 0 Å². The Balaban J connectivity index is 2.64. The van der Waals surface area contributed by atoms with Crippen molar-refractivity contribution in [3.05, 3.63) is 35.9 Å². The fourth-order valence-corrected chi connectivity index (χ4v) is 1.18. The highest BCUT2D eigenvalue weighted by Gasteiger charge is 1.99. The maximum atomic E-state index is 10.5. The molecule has 1 rings (SSSR count). The van der Waals surface area contributed by atoms with E-state index >= 15 is 0 Å². The molecule has 0 bridgehead atoms. The Morgan fingerprint density at radius 1 is 1.25 bits per heavy atom. The molecule has 0 heterocycles. The molecule has 0 aliphatic rings. The third-order valence-electron chi connectivity index (χ3n) is 1.53. The number of hydrogen-bond acceptors (Lipinski definition) is 2. The van der Waals surface area contributed by atoms with Gasteiger partial charge < -0.3 is 0 Å². The second-order valence-electron chi connectivity index (χ2n) is 2.54. The first-order chi connectivity index (χ1) is 5.70. The molecule has 0 atom stereocenters. The first-order valence-electron chi connectivity index (χ1n) is 3.59. The highest BCUT2D eigenvalue weighted by atomic mass is 32.2. The van der Waals surface area contributed by atoms with E-state index < -0.39 is 10.9 Å². The van der Waals surface area contributed by atoms with E-state index in [0.29, 0.717) is 6.54 Å². The summed E-state index contributed by atoms with van der Waals surface area (Å²) in [5, 5.41) is 0. The van der Waals surface area contributed by atoms with Crippen LogP contribution in [0, 0.1) is 0 Å². The summed E-state index contributed by atoms with van der Waals surface area (Å²) < 4.78 is 22.2. The number of benzene rings is 1. The molecule has 1 aromatic rings. The van der Waals surface area contributed by atoms with Crippen molar-refractivity contribution in [3.63, 3.8) is 0 Å².